The molecule has 1 aromatic carbocycles. The molecule has 24 heavy (non-hydrogen) atoms. The van der Waals surface area contributed by atoms with Gasteiger partial charge in [0.25, 0.3) is 0 Å². The number of amides is 1. The van der Waals surface area contributed by atoms with Crippen molar-refractivity contribution in [3.63, 3.8) is 0 Å². The molecule has 0 bridgehead atoms. The second-order valence-corrected chi connectivity index (χ2v) is 6.87. The average Bonchev–Trinajstić information content (AvgIpc) is 3.20. The molecule has 128 valence electrons. The van der Waals surface area contributed by atoms with Crippen molar-refractivity contribution < 1.29 is 9.53 Å². The largest absolute Gasteiger partial charge is 0.376 e. The first-order valence-electron chi connectivity index (χ1n) is 8.13. The van der Waals surface area contributed by atoms with Crippen molar-refractivity contribution in [2.75, 3.05) is 18.9 Å². The fourth-order valence-electron chi connectivity index (χ4n) is 2.71. The van der Waals surface area contributed by atoms with Crippen LogP contribution in [0.1, 0.15) is 24.2 Å². The minimum atomic E-state index is -0.00746. The quantitative estimate of drug-likeness (QED) is 0.813. The summed E-state index contributed by atoms with van der Waals surface area (Å²) in [5.41, 5.74) is 2.19. The lowest BCUT2D eigenvalue weighted by Gasteiger charge is -2.11. The van der Waals surface area contributed by atoms with Crippen molar-refractivity contribution in [3.8, 4) is 5.69 Å². The molecule has 0 aliphatic carbocycles. The summed E-state index contributed by atoms with van der Waals surface area (Å²) in [7, 11) is 0. The third-order valence-electron chi connectivity index (χ3n) is 3.94. The molecule has 1 amide bonds. The Balaban J connectivity index is 1.60. The predicted molar refractivity (Wildman–Crippen MR) is 93.5 cm³/mol. The van der Waals surface area contributed by atoms with Gasteiger partial charge in [0.15, 0.2) is 5.16 Å². The van der Waals surface area contributed by atoms with Crippen molar-refractivity contribution in [1.82, 2.24) is 20.1 Å². The zero-order valence-electron chi connectivity index (χ0n) is 14.0. The highest BCUT2D eigenvalue weighted by Gasteiger charge is 2.17. The minimum absolute atomic E-state index is 0.00746. The van der Waals surface area contributed by atoms with E-state index >= 15 is 0 Å². The zero-order chi connectivity index (χ0) is 16.9. The number of carbonyl (C=O) groups excluding carboxylic acids is 1. The number of aryl methyl sites for hydroxylation is 2. The molecule has 0 saturated carbocycles. The van der Waals surface area contributed by atoms with E-state index in [0.717, 1.165) is 36.1 Å². The fourth-order valence-corrected chi connectivity index (χ4v) is 3.54. The smallest absolute Gasteiger partial charge is 0.230 e. The van der Waals surface area contributed by atoms with E-state index in [1.807, 2.05) is 23.6 Å². The third-order valence-corrected chi connectivity index (χ3v) is 4.87. The normalized spacial score (nSPS) is 17.2. The van der Waals surface area contributed by atoms with Gasteiger partial charge in [-0.15, -0.1) is 10.2 Å². The van der Waals surface area contributed by atoms with Gasteiger partial charge in [0.1, 0.15) is 5.82 Å². The van der Waals surface area contributed by atoms with Gasteiger partial charge in [0.2, 0.25) is 5.91 Å². The second-order valence-electron chi connectivity index (χ2n) is 5.93. The first-order chi connectivity index (χ1) is 11.6. The Hall–Kier alpha value is -1.86. The van der Waals surface area contributed by atoms with Crippen LogP contribution in [-0.2, 0) is 9.53 Å². The lowest BCUT2D eigenvalue weighted by atomic mass is 10.2. The van der Waals surface area contributed by atoms with Gasteiger partial charge in [-0.25, -0.2) is 0 Å². The van der Waals surface area contributed by atoms with Gasteiger partial charge in [-0.05, 0) is 44.4 Å². The van der Waals surface area contributed by atoms with Gasteiger partial charge in [-0.1, -0.05) is 23.9 Å². The number of hydrogen-bond donors (Lipinski definition) is 1. The third kappa shape index (κ3) is 4.15. The van der Waals surface area contributed by atoms with Gasteiger partial charge in [0.05, 0.1) is 11.9 Å². The van der Waals surface area contributed by atoms with Crippen LogP contribution in [0.2, 0.25) is 0 Å². The Morgan fingerprint density at radius 1 is 1.42 bits per heavy atom. The molecule has 1 saturated heterocycles. The molecule has 1 fully saturated rings. The van der Waals surface area contributed by atoms with Crippen molar-refractivity contribution in [2.24, 2.45) is 0 Å². The maximum atomic E-state index is 12.0. The summed E-state index contributed by atoms with van der Waals surface area (Å²) < 4.78 is 7.49. The van der Waals surface area contributed by atoms with Crippen LogP contribution in [0.5, 0.6) is 0 Å². The molecule has 2 heterocycles. The number of nitrogens with one attached hydrogen (secondary N) is 1. The molecule has 0 radical (unpaired) electrons. The number of carbonyl (C=O) groups is 1. The Labute approximate surface area is 146 Å². The Kier molecular flexibility index (Phi) is 5.52. The van der Waals surface area contributed by atoms with E-state index in [4.69, 9.17) is 4.74 Å². The average molecular weight is 346 g/mol. The molecule has 0 spiro atoms. The summed E-state index contributed by atoms with van der Waals surface area (Å²) in [5.74, 6) is 1.12. The molecule has 6 nitrogen and oxygen atoms in total. The van der Waals surface area contributed by atoms with Gasteiger partial charge in [-0.2, -0.15) is 0 Å². The standard InChI is InChI=1S/C17H22N4O2S/c1-12-5-3-6-14(9-12)21-13(2)19-20-17(21)24-11-16(22)18-10-15-7-4-8-23-15/h3,5-6,9,15H,4,7-8,10-11H2,1-2H3,(H,18,22)/t15-/m0/s1. The molecule has 1 atom stereocenters. The monoisotopic (exact) mass is 346 g/mol. The van der Waals surface area contributed by atoms with E-state index in [9.17, 15) is 4.79 Å². The number of aromatic nitrogens is 3. The van der Waals surface area contributed by atoms with Crippen LogP contribution in [0.3, 0.4) is 0 Å². The maximum Gasteiger partial charge on any atom is 0.230 e. The summed E-state index contributed by atoms with van der Waals surface area (Å²) >= 11 is 1.40. The number of thioether (sulfide) groups is 1. The molecule has 3 rings (SSSR count). The van der Waals surface area contributed by atoms with Crippen LogP contribution in [-0.4, -0.2) is 45.7 Å². The zero-order valence-corrected chi connectivity index (χ0v) is 14.8. The molecule has 2 aromatic rings. The second kappa shape index (κ2) is 7.81. The SMILES string of the molecule is Cc1cccc(-n2c(C)nnc2SCC(=O)NC[C@@H]2CCCO2)c1. The molecular formula is C17H22N4O2S. The van der Waals surface area contributed by atoms with Gasteiger partial charge in [-0.3, -0.25) is 9.36 Å². The maximum absolute atomic E-state index is 12.0. The predicted octanol–water partition coefficient (Wildman–Crippen LogP) is 2.27. The van der Waals surface area contributed by atoms with Crippen LogP contribution in [0.15, 0.2) is 29.4 Å². The number of ether oxygens (including phenoxy) is 1. The van der Waals surface area contributed by atoms with Gasteiger partial charge < -0.3 is 10.1 Å². The van der Waals surface area contributed by atoms with E-state index in [2.05, 4.69) is 34.6 Å². The Morgan fingerprint density at radius 3 is 3.04 bits per heavy atom. The van der Waals surface area contributed by atoms with E-state index in [-0.39, 0.29) is 12.0 Å². The molecule has 0 unspecified atom stereocenters. The summed E-state index contributed by atoms with van der Waals surface area (Å²) in [6.45, 7) is 5.35. The Bertz CT molecular complexity index is 710. The van der Waals surface area contributed by atoms with E-state index in [1.54, 1.807) is 0 Å². The highest BCUT2D eigenvalue weighted by molar-refractivity contribution is 7.99. The molecular weight excluding hydrogens is 324 g/mol. The molecule has 1 aliphatic rings. The molecule has 1 N–H and O–H groups in total. The van der Waals surface area contributed by atoms with Crippen molar-refractivity contribution in [3.05, 3.63) is 35.7 Å². The minimum Gasteiger partial charge on any atom is -0.376 e. The summed E-state index contributed by atoms with van der Waals surface area (Å²) in [5, 5.41) is 12.0. The van der Waals surface area contributed by atoms with Crippen LogP contribution in [0.25, 0.3) is 5.69 Å². The Morgan fingerprint density at radius 2 is 2.29 bits per heavy atom. The summed E-state index contributed by atoms with van der Waals surface area (Å²) in [4.78, 5) is 12.0. The molecule has 7 heteroatoms. The molecule has 1 aliphatic heterocycles. The fraction of sp³-hybridized carbons (Fsp3) is 0.471. The van der Waals surface area contributed by atoms with Crippen molar-refractivity contribution >= 4 is 17.7 Å². The topological polar surface area (TPSA) is 69.0 Å². The highest BCUT2D eigenvalue weighted by atomic mass is 32.2. The van der Waals surface area contributed by atoms with Gasteiger partial charge >= 0.3 is 0 Å². The van der Waals surface area contributed by atoms with Crippen molar-refractivity contribution in [1.29, 1.82) is 0 Å². The van der Waals surface area contributed by atoms with Crippen LogP contribution < -0.4 is 5.32 Å². The summed E-state index contributed by atoms with van der Waals surface area (Å²) in [6, 6.07) is 8.16. The van der Waals surface area contributed by atoms with Crippen LogP contribution >= 0.6 is 11.8 Å². The number of rotatable bonds is 6. The van der Waals surface area contributed by atoms with E-state index in [1.165, 1.54) is 17.3 Å². The van der Waals surface area contributed by atoms with Gasteiger partial charge in [0, 0.05) is 18.8 Å². The van der Waals surface area contributed by atoms with E-state index < -0.39 is 0 Å². The lowest BCUT2D eigenvalue weighted by Crippen LogP contribution is -2.32. The highest BCUT2D eigenvalue weighted by Crippen LogP contribution is 2.22. The first-order valence-corrected chi connectivity index (χ1v) is 9.12. The number of benzene rings is 1. The van der Waals surface area contributed by atoms with E-state index in [0.29, 0.717) is 12.3 Å². The lowest BCUT2D eigenvalue weighted by molar-refractivity contribution is -0.119. The molecule has 1 aromatic heterocycles. The number of hydrogen-bond acceptors (Lipinski definition) is 5. The van der Waals surface area contributed by atoms with Crippen LogP contribution in [0.4, 0.5) is 0 Å². The van der Waals surface area contributed by atoms with Crippen LogP contribution in [0, 0.1) is 13.8 Å². The number of nitrogens with zero attached hydrogens (tertiary/aromatic N) is 3. The first kappa shape index (κ1) is 17.0. The van der Waals surface area contributed by atoms with Crippen molar-refractivity contribution in [2.45, 2.75) is 37.9 Å². The summed E-state index contributed by atoms with van der Waals surface area (Å²) in [6.07, 6.45) is 2.26.